The highest BCUT2D eigenvalue weighted by Crippen LogP contribution is 2.49. The molecule has 8 heteroatoms. The fraction of sp³-hybridized carbons (Fsp3) is 0.485. The number of rotatable bonds is 5. The number of hydrogen-bond donors (Lipinski definition) is 1. The molecule has 0 unspecified atom stereocenters. The molecule has 2 aliphatic heterocycles. The number of piperidine rings is 2. The summed E-state index contributed by atoms with van der Waals surface area (Å²) in [4.78, 5) is 36.1. The lowest BCUT2D eigenvalue weighted by molar-refractivity contribution is 0.0214. The number of likely N-dealkylation sites (tertiary alicyclic amines) is 2. The van der Waals surface area contributed by atoms with Crippen LogP contribution in [0.3, 0.4) is 0 Å². The molecule has 2 saturated heterocycles. The van der Waals surface area contributed by atoms with Crippen LogP contribution in [-0.4, -0.2) is 58.2 Å². The van der Waals surface area contributed by atoms with Gasteiger partial charge in [0.05, 0.1) is 25.2 Å². The van der Waals surface area contributed by atoms with Crippen molar-refractivity contribution in [2.45, 2.75) is 63.6 Å². The van der Waals surface area contributed by atoms with E-state index in [1.807, 2.05) is 42.5 Å². The highest BCUT2D eigenvalue weighted by molar-refractivity contribution is 5.75. The molecule has 2 amide bonds. The average molecular weight is 556 g/mol. The summed E-state index contributed by atoms with van der Waals surface area (Å²) in [5.74, 6) is 1.02. The first-order valence-electron chi connectivity index (χ1n) is 15.0. The fourth-order valence-electron chi connectivity index (χ4n) is 7.50. The van der Waals surface area contributed by atoms with Gasteiger partial charge in [0.2, 0.25) is 0 Å². The number of nitrogens with two attached hydrogens (primary N) is 1. The Hall–Kier alpha value is -3.65. The van der Waals surface area contributed by atoms with Crippen LogP contribution in [0.4, 0.5) is 4.79 Å². The Morgan fingerprint density at radius 2 is 1.80 bits per heavy atom. The van der Waals surface area contributed by atoms with Crippen LogP contribution in [0.2, 0.25) is 0 Å². The Bertz CT molecular complexity index is 1420. The maximum Gasteiger partial charge on any atom is 0.320 e. The summed E-state index contributed by atoms with van der Waals surface area (Å²) in [6.07, 6.45) is 8.72. The molecule has 3 atom stereocenters. The fourth-order valence-corrected chi connectivity index (χ4v) is 7.50. The minimum atomic E-state index is -0.0529. The lowest BCUT2D eigenvalue weighted by Gasteiger charge is -2.49. The third kappa shape index (κ3) is 5.49. The Labute approximate surface area is 242 Å². The first-order chi connectivity index (χ1) is 20.0. The second-order valence-electron chi connectivity index (χ2n) is 12.1. The minimum Gasteiger partial charge on any atom is -0.496 e. The Kier molecular flexibility index (Phi) is 7.84. The molecule has 1 saturated carbocycles. The van der Waals surface area contributed by atoms with Crippen LogP contribution >= 0.6 is 0 Å². The molecule has 1 aliphatic carbocycles. The molecular formula is C33H41N5O3. The van der Waals surface area contributed by atoms with Gasteiger partial charge in [-0.3, -0.25) is 9.36 Å². The zero-order valence-corrected chi connectivity index (χ0v) is 24.0. The van der Waals surface area contributed by atoms with Crippen molar-refractivity contribution in [3.05, 3.63) is 82.9 Å². The predicted molar refractivity (Wildman–Crippen MR) is 160 cm³/mol. The molecule has 0 radical (unpaired) electrons. The van der Waals surface area contributed by atoms with E-state index in [4.69, 9.17) is 10.5 Å². The van der Waals surface area contributed by atoms with E-state index in [-0.39, 0.29) is 29.1 Å². The molecule has 2 aromatic carbocycles. The summed E-state index contributed by atoms with van der Waals surface area (Å²) in [6.45, 7) is 2.77. The normalized spacial score (nSPS) is 24.0. The number of methoxy groups -OCH3 is 1. The molecule has 3 aliphatic rings. The molecule has 2 N–H and O–H groups in total. The second kappa shape index (κ2) is 11.7. The van der Waals surface area contributed by atoms with E-state index < -0.39 is 0 Å². The summed E-state index contributed by atoms with van der Waals surface area (Å²) in [5.41, 5.74) is 8.93. The van der Waals surface area contributed by atoms with Gasteiger partial charge in [-0.15, -0.1) is 0 Å². The average Bonchev–Trinajstić information content (AvgIpc) is 3.47. The number of carbonyl (C=O) groups excluding carboxylic acids is 1. The van der Waals surface area contributed by atoms with E-state index in [2.05, 4.69) is 26.9 Å². The van der Waals surface area contributed by atoms with Crippen molar-refractivity contribution in [2.75, 3.05) is 26.7 Å². The number of amides is 2. The van der Waals surface area contributed by atoms with Crippen LogP contribution in [0.5, 0.6) is 5.75 Å². The van der Waals surface area contributed by atoms with E-state index >= 15 is 0 Å². The molecular weight excluding hydrogens is 514 g/mol. The van der Waals surface area contributed by atoms with E-state index in [1.165, 1.54) is 12.8 Å². The van der Waals surface area contributed by atoms with Crippen molar-refractivity contribution in [2.24, 2.45) is 17.1 Å². The summed E-state index contributed by atoms with van der Waals surface area (Å²) >= 11 is 0. The topological polar surface area (TPSA) is 93.7 Å². The van der Waals surface area contributed by atoms with Crippen LogP contribution in [0, 0.1) is 11.3 Å². The number of benzene rings is 2. The second-order valence-corrected chi connectivity index (χ2v) is 12.1. The largest absolute Gasteiger partial charge is 0.496 e. The van der Waals surface area contributed by atoms with Gasteiger partial charge in [0.1, 0.15) is 5.75 Å². The highest BCUT2D eigenvalue weighted by Gasteiger charge is 2.47. The van der Waals surface area contributed by atoms with Gasteiger partial charge in [-0.05, 0) is 61.1 Å². The number of para-hydroxylation sites is 1. The zero-order valence-electron chi connectivity index (χ0n) is 24.0. The maximum absolute atomic E-state index is 14.1. The first-order valence-corrected chi connectivity index (χ1v) is 15.0. The van der Waals surface area contributed by atoms with E-state index in [9.17, 15) is 9.59 Å². The van der Waals surface area contributed by atoms with Crippen LogP contribution in [-0.2, 0) is 6.54 Å². The van der Waals surface area contributed by atoms with Gasteiger partial charge in [0.25, 0.3) is 5.56 Å². The van der Waals surface area contributed by atoms with Crippen LogP contribution in [0.25, 0.3) is 11.3 Å². The Morgan fingerprint density at radius 1 is 1.05 bits per heavy atom. The van der Waals surface area contributed by atoms with Gasteiger partial charge in [0.15, 0.2) is 0 Å². The molecule has 0 bridgehead atoms. The van der Waals surface area contributed by atoms with Crippen molar-refractivity contribution < 1.29 is 9.53 Å². The van der Waals surface area contributed by atoms with E-state index in [1.54, 1.807) is 24.1 Å². The van der Waals surface area contributed by atoms with Gasteiger partial charge in [-0.25, -0.2) is 9.78 Å². The van der Waals surface area contributed by atoms with Crippen LogP contribution < -0.4 is 16.0 Å². The third-order valence-electron chi connectivity index (χ3n) is 9.74. The Balaban J connectivity index is 1.20. The molecule has 216 valence electrons. The Morgan fingerprint density at radius 3 is 2.56 bits per heavy atom. The highest BCUT2D eigenvalue weighted by atomic mass is 16.5. The summed E-state index contributed by atoms with van der Waals surface area (Å²) in [7, 11) is 1.63. The van der Waals surface area contributed by atoms with E-state index in [0.717, 1.165) is 49.8 Å². The lowest BCUT2D eigenvalue weighted by atomic mass is 9.69. The monoisotopic (exact) mass is 555 g/mol. The molecule has 1 aromatic heterocycles. The summed E-state index contributed by atoms with van der Waals surface area (Å²) < 4.78 is 7.24. The standard InChI is InChI=1S/C33H41N5O3/c1-41-30-12-6-5-11-27(30)28-20-31(39)37(23-35-28)21-25-13-17-36(22-33(25)15-7-8-16-33)32(40)38-18-14-26(34)19-29(38)24-9-3-2-4-10-24/h2-6,9-12,20,23,25-26,29H,7-8,13-19,21-22,34H2,1H3/t25-,26+,29-/m0/s1. The predicted octanol–water partition coefficient (Wildman–Crippen LogP) is 5.09. The smallest absolute Gasteiger partial charge is 0.320 e. The van der Waals surface area contributed by atoms with Gasteiger partial charge < -0.3 is 20.3 Å². The van der Waals surface area contributed by atoms with Gasteiger partial charge >= 0.3 is 6.03 Å². The molecule has 6 rings (SSSR count). The molecule has 1 spiro atoms. The van der Waals surface area contributed by atoms with Crippen LogP contribution in [0.1, 0.15) is 56.6 Å². The van der Waals surface area contributed by atoms with Crippen molar-refractivity contribution in [1.82, 2.24) is 19.4 Å². The third-order valence-corrected chi connectivity index (χ3v) is 9.74. The lowest BCUT2D eigenvalue weighted by Crippen LogP contribution is -2.56. The first kappa shape index (κ1) is 27.5. The number of hydrogen-bond acceptors (Lipinski definition) is 5. The number of ether oxygens (including phenoxy) is 1. The number of nitrogens with zero attached hydrogens (tertiary/aromatic N) is 4. The summed E-state index contributed by atoms with van der Waals surface area (Å²) in [6, 6.07) is 19.8. The maximum atomic E-state index is 14.1. The minimum absolute atomic E-state index is 0.0103. The van der Waals surface area contributed by atoms with Gasteiger partial charge in [-0.2, -0.15) is 0 Å². The van der Waals surface area contributed by atoms with Gasteiger partial charge in [-0.1, -0.05) is 55.3 Å². The number of urea groups is 1. The van der Waals surface area contributed by atoms with E-state index in [0.29, 0.717) is 37.0 Å². The SMILES string of the molecule is COc1ccccc1-c1cc(=O)n(C[C@@H]2CCN(C(=O)N3CC[C@@H](N)C[C@H]3c3ccccc3)CC23CCCC3)cn1. The zero-order chi connectivity index (χ0) is 28.4. The molecule has 8 nitrogen and oxygen atoms in total. The number of carbonyl (C=O) groups is 1. The molecule has 3 fully saturated rings. The van der Waals surface area contributed by atoms with Crippen molar-refractivity contribution >= 4 is 6.03 Å². The van der Waals surface area contributed by atoms with Crippen LogP contribution in [0.15, 0.2) is 71.8 Å². The van der Waals surface area contributed by atoms with Crippen molar-refractivity contribution in [3.63, 3.8) is 0 Å². The molecule has 41 heavy (non-hydrogen) atoms. The number of aromatic nitrogens is 2. The summed E-state index contributed by atoms with van der Waals surface area (Å²) in [5, 5.41) is 0. The quantitative estimate of drug-likeness (QED) is 0.474. The molecule has 3 aromatic rings. The van der Waals surface area contributed by atoms with Crippen molar-refractivity contribution in [1.29, 1.82) is 0 Å². The van der Waals surface area contributed by atoms with Gasteiger partial charge in [0, 0.05) is 43.9 Å². The molecule has 3 heterocycles. The van der Waals surface area contributed by atoms with Crippen molar-refractivity contribution in [3.8, 4) is 17.0 Å².